The van der Waals surface area contributed by atoms with Crippen LogP contribution in [0.15, 0.2) is 43.0 Å². The van der Waals surface area contributed by atoms with E-state index in [0.29, 0.717) is 6.54 Å². The Morgan fingerprint density at radius 1 is 1.12 bits per heavy atom. The van der Waals surface area contributed by atoms with E-state index in [9.17, 15) is 14.7 Å². The van der Waals surface area contributed by atoms with E-state index >= 15 is 0 Å². The van der Waals surface area contributed by atoms with Gasteiger partial charge in [-0.3, -0.25) is 9.59 Å². The maximum Gasteiger partial charge on any atom is 0.290 e. The molecule has 0 bridgehead atoms. The van der Waals surface area contributed by atoms with E-state index < -0.39 is 5.92 Å². The van der Waals surface area contributed by atoms with E-state index in [2.05, 4.69) is 11.9 Å². The van der Waals surface area contributed by atoms with Crippen molar-refractivity contribution >= 4 is 11.7 Å². The first-order valence-electron chi connectivity index (χ1n) is 9.21. The summed E-state index contributed by atoms with van der Waals surface area (Å²) in [5, 5.41) is 9.51. The van der Waals surface area contributed by atoms with E-state index in [1.165, 1.54) is 0 Å². The lowest BCUT2D eigenvalue weighted by atomic mass is 9.88. The molecule has 26 heavy (non-hydrogen) atoms. The van der Waals surface area contributed by atoms with Crippen molar-refractivity contribution in [2.75, 3.05) is 6.54 Å². The van der Waals surface area contributed by atoms with Gasteiger partial charge >= 0.3 is 0 Å². The minimum atomic E-state index is -0.442. The number of Topliss-reactive ketones (excluding diaryl/α,β-unsaturated/α-hetero) is 1. The quantitative estimate of drug-likeness (QED) is 0.739. The van der Waals surface area contributed by atoms with Crippen molar-refractivity contribution in [1.29, 1.82) is 0 Å². The largest absolute Gasteiger partial charge is 0.508 e. The molecule has 1 aromatic heterocycles. The number of hydrogen-bond donors (Lipinski definition) is 1. The van der Waals surface area contributed by atoms with Crippen molar-refractivity contribution in [1.82, 2.24) is 14.5 Å². The predicted molar refractivity (Wildman–Crippen MR) is 97.7 cm³/mol. The third-order valence-electron chi connectivity index (χ3n) is 5.02. The summed E-state index contributed by atoms with van der Waals surface area (Å²) in [5.41, 5.74) is 0.805. The Morgan fingerprint density at radius 3 is 2.54 bits per heavy atom. The molecule has 0 spiro atoms. The molecule has 2 atom stereocenters. The van der Waals surface area contributed by atoms with Crippen LogP contribution in [-0.4, -0.2) is 43.8 Å². The summed E-state index contributed by atoms with van der Waals surface area (Å²) in [5.74, 6) is -0.995. The topological polar surface area (TPSA) is 75.4 Å². The van der Waals surface area contributed by atoms with Gasteiger partial charge in [0.1, 0.15) is 5.75 Å². The van der Waals surface area contributed by atoms with E-state index in [0.717, 1.165) is 37.8 Å². The number of rotatable bonds is 8. The van der Waals surface area contributed by atoms with E-state index in [1.807, 2.05) is 10.8 Å². The molecule has 1 N–H and O–H groups in total. The van der Waals surface area contributed by atoms with Crippen LogP contribution in [0, 0.1) is 0 Å². The zero-order valence-electron chi connectivity index (χ0n) is 15.0. The van der Waals surface area contributed by atoms with Crippen molar-refractivity contribution in [3.63, 3.8) is 0 Å². The lowest BCUT2D eigenvalue weighted by Crippen LogP contribution is -2.36. The number of phenolic OH excluding ortho intramolecular Hbond substituents is 1. The molecule has 1 fully saturated rings. The van der Waals surface area contributed by atoms with Gasteiger partial charge in [-0.15, -0.1) is 0 Å². The molecule has 0 saturated carbocycles. The van der Waals surface area contributed by atoms with Crippen LogP contribution in [0.3, 0.4) is 0 Å². The highest BCUT2D eigenvalue weighted by Gasteiger charge is 2.47. The third-order valence-corrected chi connectivity index (χ3v) is 5.02. The number of likely N-dealkylation sites (tertiary alicyclic amines) is 1. The molecule has 1 aromatic carbocycles. The standard InChI is InChI=1S/C20H25N3O3/c1-2-3-5-17-18(15-6-8-16(24)9-7-15)19(25)20(26)23(17)12-4-11-22-13-10-21-14-22/h6-10,13-14,17-18,24H,2-5,11-12H2,1H3. The summed E-state index contributed by atoms with van der Waals surface area (Å²) < 4.78 is 1.97. The summed E-state index contributed by atoms with van der Waals surface area (Å²) in [6.45, 7) is 3.44. The Hall–Kier alpha value is -2.63. The second-order valence-corrected chi connectivity index (χ2v) is 6.80. The number of aryl methyl sites for hydroxylation is 1. The van der Waals surface area contributed by atoms with Gasteiger partial charge in [0, 0.05) is 31.5 Å². The fourth-order valence-corrected chi connectivity index (χ4v) is 3.68. The Labute approximate surface area is 153 Å². The highest BCUT2D eigenvalue weighted by molar-refractivity contribution is 6.40. The molecule has 1 amide bonds. The van der Waals surface area contributed by atoms with Gasteiger partial charge in [0.15, 0.2) is 0 Å². The monoisotopic (exact) mass is 355 g/mol. The molecule has 6 heteroatoms. The number of carbonyl (C=O) groups excluding carboxylic acids is 2. The molecule has 1 aliphatic heterocycles. The van der Waals surface area contributed by atoms with Gasteiger partial charge in [0.25, 0.3) is 5.91 Å². The number of aromatic nitrogens is 2. The molecule has 6 nitrogen and oxygen atoms in total. The smallest absolute Gasteiger partial charge is 0.290 e. The minimum Gasteiger partial charge on any atom is -0.508 e. The minimum absolute atomic E-state index is 0.109. The molecule has 0 radical (unpaired) electrons. The van der Waals surface area contributed by atoms with Gasteiger partial charge in [0.05, 0.1) is 12.2 Å². The number of hydrogen-bond acceptors (Lipinski definition) is 4. The summed E-state index contributed by atoms with van der Waals surface area (Å²) in [4.78, 5) is 31.1. The van der Waals surface area contributed by atoms with Crippen molar-refractivity contribution in [3.8, 4) is 5.75 Å². The first kappa shape index (κ1) is 18.2. The zero-order chi connectivity index (χ0) is 18.5. The fraction of sp³-hybridized carbons (Fsp3) is 0.450. The van der Waals surface area contributed by atoms with Crippen molar-refractivity contribution < 1.29 is 14.7 Å². The van der Waals surface area contributed by atoms with Gasteiger partial charge in [-0.2, -0.15) is 0 Å². The van der Waals surface area contributed by atoms with Crippen LogP contribution in [0.5, 0.6) is 5.75 Å². The van der Waals surface area contributed by atoms with Gasteiger partial charge in [-0.1, -0.05) is 31.9 Å². The lowest BCUT2D eigenvalue weighted by Gasteiger charge is -2.27. The highest BCUT2D eigenvalue weighted by atomic mass is 16.3. The van der Waals surface area contributed by atoms with Crippen molar-refractivity contribution in [2.24, 2.45) is 0 Å². The summed E-state index contributed by atoms with van der Waals surface area (Å²) in [7, 11) is 0. The molecular formula is C20H25N3O3. The normalized spacial score (nSPS) is 20.1. The number of unbranched alkanes of at least 4 members (excludes halogenated alkanes) is 1. The first-order valence-corrected chi connectivity index (χ1v) is 9.21. The predicted octanol–water partition coefficient (Wildman–Crippen LogP) is 2.73. The molecule has 138 valence electrons. The van der Waals surface area contributed by atoms with Crippen LogP contribution in [0.25, 0.3) is 0 Å². The van der Waals surface area contributed by atoms with Crippen LogP contribution in [-0.2, 0) is 16.1 Å². The Morgan fingerprint density at radius 2 is 1.88 bits per heavy atom. The number of imidazole rings is 1. The molecule has 3 rings (SSSR count). The van der Waals surface area contributed by atoms with Crippen LogP contribution >= 0.6 is 0 Å². The molecule has 1 saturated heterocycles. The lowest BCUT2D eigenvalue weighted by molar-refractivity contribution is -0.140. The molecule has 0 aliphatic carbocycles. The average Bonchev–Trinajstić information content (AvgIpc) is 3.23. The van der Waals surface area contributed by atoms with E-state index in [-0.39, 0.29) is 23.5 Å². The van der Waals surface area contributed by atoms with Gasteiger partial charge in [0.2, 0.25) is 5.78 Å². The molecule has 2 aromatic rings. The Kier molecular flexibility index (Phi) is 5.71. The van der Waals surface area contributed by atoms with Crippen LogP contribution in [0.2, 0.25) is 0 Å². The van der Waals surface area contributed by atoms with Gasteiger partial charge in [-0.25, -0.2) is 4.98 Å². The number of aromatic hydroxyl groups is 1. The second kappa shape index (κ2) is 8.17. The fourth-order valence-electron chi connectivity index (χ4n) is 3.68. The molecular weight excluding hydrogens is 330 g/mol. The summed E-state index contributed by atoms with van der Waals surface area (Å²) in [6.07, 6.45) is 8.96. The summed E-state index contributed by atoms with van der Waals surface area (Å²) in [6, 6.07) is 6.54. The maximum atomic E-state index is 12.7. The third kappa shape index (κ3) is 3.79. The maximum absolute atomic E-state index is 12.7. The second-order valence-electron chi connectivity index (χ2n) is 6.80. The SMILES string of the molecule is CCCCC1C(c2ccc(O)cc2)C(=O)C(=O)N1CCCn1ccnc1. The van der Waals surface area contributed by atoms with E-state index in [1.54, 1.807) is 41.7 Å². The molecule has 1 aliphatic rings. The summed E-state index contributed by atoms with van der Waals surface area (Å²) >= 11 is 0. The number of ketones is 1. The number of carbonyl (C=O) groups is 2. The molecule has 2 unspecified atom stereocenters. The number of nitrogens with zero attached hydrogens (tertiary/aromatic N) is 3. The number of phenols is 1. The average molecular weight is 355 g/mol. The van der Waals surface area contributed by atoms with Crippen molar-refractivity contribution in [2.45, 2.75) is 51.1 Å². The number of amides is 1. The van der Waals surface area contributed by atoms with Crippen LogP contribution < -0.4 is 0 Å². The van der Waals surface area contributed by atoms with Crippen molar-refractivity contribution in [3.05, 3.63) is 48.5 Å². The van der Waals surface area contributed by atoms with Gasteiger partial charge in [-0.05, 0) is 30.5 Å². The first-order chi connectivity index (χ1) is 12.6. The number of benzene rings is 1. The Bertz CT molecular complexity index is 740. The Balaban J connectivity index is 1.76. The van der Waals surface area contributed by atoms with Crippen LogP contribution in [0.4, 0.5) is 0 Å². The zero-order valence-corrected chi connectivity index (χ0v) is 15.0. The van der Waals surface area contributed by atoms with E-state index in [4.69, 9.17) is 0 Å². The molecule has 2 heterocycles. The highest BCUT2D eigenvalue weighted by Crippen LogP contribution is 2.35. The van der Waals surface area contributed by atoms with Crippen LogP contribution in [0.1, 0.15) is 44.1 Å². The van der Waals surface area contributed by atoms with Gasteiger partial charge < -0.3 is 14.6 Å².